The Labute approximate surface area is 174 Å². The molecule has 1 aromatic carbocycles. The van der Waals surface area contributed by atoms with Gasteiger partial charge in [-0.3, -0.25) is 9.59 Å². The van der Waals surface area contributed by atoms with E-state index in [1.807, 2.05) is 0 Å². The van der Waals surface area contributed by atoms with Gasteiger partial charge in [-0.2, -0.15) is 0 Å². The number of carbonyl (C=O) groups excluding carboxylic acids is 3. The van der Waals surface area contributed by atoms with Crippen LogP contribution in [0, 0.1) is 0 Å². The third kappa shape index (κ3) is 6.26. The summed E-state index contributed by atoms with van der Waals surface area (Å²) >= 11 is 0. The average molecular weight is 443 g/mol. The lowest BCUT2D eigenvalue weighted by Gasteiger charge is -2.38. The summed E-state index contributed by atoms with van der Waals surface area (Å²) in [5.74, 6) is -2.40. The molecule has 1 saturated heterocycles. The maximum absolute atomic E-state index is 12.0. The second kappa shape index (κ2) is 10.5. The molecule has 1 aliphatic heterocycles. The second-order valence-electron chi connectivity index (χ2n) is 6.34. The van der Waals surface area contributed by atoms with E-state index in [4.69, 9.17) is 20.3 Å². The molecule has 2 rings (SSSR count). The number of carboxylic acids is 1. The second-order valence-corrected chi connectivity index (χ2v) is 6.34. The van der Waals surface area contributed by atoms with Crippen LogP contribution in [0.25, 0.3) is 0 Å². The van der Waals surface area contributed by atoms with Gasteiger partial charge in [0.1, 0.15) is 30.7 Å². The Morgan fingerprint density at radius 2 is 1.87 bits per heavy atom. The van der Waals surface area contributed by atoms with Crippen LogP contribution in [-0.4, -0.2) is 82.1 Å². The fourth-order valence-electron chi connectivity index (χ4n) is 2.63. The number of benzene rings is 1. The number of aliphatic hydroxyl groups is 3. The minimum absolute atomic E-state index is 0.0217. The summed E-state index contributed by atoms with van der Waals surface area (Å²) in [5.41, 5.74) is 5.26. The molecule has 1 aliphatic rings. The Morgan fingerprint density at radius 1 is 1.16 bits per heavy atom. The summed E-state index contributed by atoms with van der Waals surface area (Å²) in [6, 6.07) is 4.02. The molecule has 1 aromatic rings. The van der Waals surface area contributed by atoms with Gasteiger partial charge in [-0.1, -0.05) is 6.07 Å². The topological polar surface area (TPSA) is 227 Å². The minimum Gasteiger partial charge on any atom is -0.479 e. The van der Waals surface area contributed by atoms with E-state index in [0.717, 1.165) is 0 Å². The average Bonchev–Trinajstić information content (AvgIpc) is 2.72. The van der Waals surface area contributed by atoms with E-state index in [0.29, 0.717) is 12.0 Å². The maximum Gasteiger partial charge on any atom is 0.404 e. The van der Waals surface area contributed by atoms with E-state index in [2.05, 4.69) is 15.4 Å². The smallest absolute Gasteiger partial charge is 0.404 e. The van der Waals surface area contributed by atoms with Crippen molar-refractivity contribution < 1.29 is 53.8 Å². The predicted molar refractivity (Wildman–Crippen MR) is 98.5 cm³/mol. The fourth-order valence-corrected chi connectivity index (χ4v) is 2.63. The van der Waals surface area contributed by atoms with Crippen molar-refractivity contribution in [3.05, 3.63) is 23.8 Å². The van der Waals surface area contributed by atoms with Crippen molar-refractivity contribution in [1.82, 2.24) is 5.32 Å². The number of carboxylic acid groups (broad SMARTS) is 1. The molecule has 0 aromatic heterocycles. The molecule has 1 heterocycles. The number of rotatable bonds is 9. The molecule has 31 heavy (non-hydrogen) atoms. The molecular weight excluding hydrogens is 422 g/mol. The lowest BCUT2D eigenvalue weighted by Crippen LogP contribution is -2.61. The Bertz CT molecular complexity index is 834. The van der Waals surface area contributed by atoms with Crippen molar-refractivity contribution in [3.8, 4) is 5.75 Å². The SMILES string of the molecule is NC(=O)OCc1ccc(OC2OC(C(=O)O)C(O)C(O)C2O)c(NC(=O)CNC=O)c1. The molecule has 3 amide bonds. The van der Waals surface area contributed by atoms with Crippen LogP contribution >= 0.6 is 0 Å². The van der Waals surface area contributed by atoms with Gasteiger partial charge >= 0.3 is 12.1 Å². The van der Waals surface area contributed by atoms with Crippen molar-refractivity contribution in [2.45, 2.75) is 37.3 Å². The summed E-state index contributed by atoms with van der Waals surface area (Å²) in [5, 5.41) is 43.4. The van der Waals surface area contributed by atoms with Gasteiger partial charge in [0.15, 0.2) is 6.10 Å². The molecule has 0 radical (unpaired) electrons. The number of hydrogen-bond acceptors (Lipinski definition) is 10. The summed E-state index contributed by atoms with van der Waals surface area (Å²) < 4.78 is 15.1. The van der Waals surface area contributed by atoms with E-state index < -0.39 is 48.7 Å². The number of ether oxygens (including phenoxy) is 3. The van der Waals surface area contributed by atoms with Gasteiger partial charge in [0.2, 0.25) is 18.6 Å². The van der Waals surface area contributed by atoms with Crippen molar-refractivity contribution in [2.75, 3.05) is 11.9 Å². The zero-order chi connectivity index (χ0) is 23.1. The van der Waals surface area contributed by atoms with Gasteiger partial charge in [-0.15, -0.1) is 0 Å². The highest BCUT2D eigenvalue weighted by molar-refractivity contribution is 5.94. The Kier molecular flexibility index (Phi) is 8.09. The largest absolute Gasteiger partial charge is 0.479 e. The maximum atomic E-state index is 12.0. The fraction of sp³-hybridized carbons (Fsp3) is 0.412. The number of nitrogens with two attached hydrogens (primary N) is 1. The molecule has 0 spiro atoms. The van der Waals surface area contributed by atoms with E-state index in [1.165, 1.54) is 18.2 Å². The highest BCUT2D eigenvalue weighted by Gasteiger charge is 2.48. The molecule has 1 fully saturated rings. The molecular formula is C17H21N3O11. The molecule has 5 atom stereocenters. The normalized spacial score (nSPS) is 25.2. The number of anilines is 1. The predicted octanol–water partition coefficient (Wildman–Crippen LogP) is -2.76. The first-order valence-corrected chi connectivity index (χ1v) is 8.75. The Hall–Kier alpha value is -3.46. The highest BCUT2D eigenvalue weighted by Crippen LogP contribution is 2.31. The van der Waals surface area contributed by atoms with Crippen LogP contribution in [0.1, 0.15) is 5.56 Å². The van der Waals surface area contributed by atoms with Crippen LogP contribution < -0.4 is 21.1 Å². The molecule has 170 valence electrons. The van der Waals surface area contributed by atoms with Crippen molar-refractivity contribution >= 4 is 30.1 Å². The molecule has 0 saturated carbocycles. The van der Waals surface area contributed by atoms with Crippen LogP contribution in [0.15, 0.2) is 18.2 Å². The zero-order valence-electron chi connectivity index (χ0n) is 15.8. The van der Waals surface area contributed by atoms with Gasteiger partial charge in [0, 0.05) is 0 Å². The van der Waals surface area contributed by atoms with Crippen LogP contribution in [0.2, 0.25) is 0 Å². The number of aliphatic carboxylic acids is 1. The van der Waals surface area contributed by atoms with Crippen LogP contribution in [0.3, 0.4) is 0 Å². The molecule has 0 aliphatic carbocycles. The van der Waals surface area contributed by atoms with E-state index >= 15 is 0 Å². The van der Waals surface area contributed by atoms with E-state index in [9.17, 15) is 34.5 Å². The van der Waals surface area contributed by atoms with Gasteiger partial charge in [-0.05, 0) is 17.7 Å². The standard InChI is InChI=1S/C17H21N3O11/c18-17(28)29-5-7-1-2-9(8(3-7)20-10(22)4-19-6-21)30-16-13(25)11(23)12(24)14(31-16)15(26)27/h1-3,6,11-14,16,23-25H,4-5H2,(H2,18,28)(H,19,21)(H,20,22)(H,26,27). The first-order valence-electron chi connectivity index (χ1n) is 8.75. The summed E-state index contributed by atoms with van der Waals surface area (Å²) in [4.78, 5) is 44.3. The first kappa shape index (κ1) is 23.8. The number of nitrogens with one attached hydrogen (secondary N) is 2. The quantitative estimate of drug-likeness (QED) is 0.193. The van der Waals surface area contributed by atoms with Crippen LogP contribution in [-0.2, 0) is 30.5 Å². The van der Waals surface area contributed by atoms with E-state index in [-0.39, 0.29) is 24.6 Å². The summed E-state index contributed by atoms with van der Waals surface area (Å²) in [6.45, 7) is -0.640. The van der Waals surface area contributed by atoms with Crippen molar-refractivity contribution in [1.29, 1.82) is 0 Å². The molecule has 5 unspecified atom stereocenters. The third-order valence-electron chi connectivity index (χ3n) is 4.10. The summed E-state index contributed by atoms with van der Waals surface area (Å²) in [6.07, 6.45) is -9.97. The Balaban J connectivity index is 2.27. The highest BCUT2D eigenvalue weighted by atomic mass is 16.7. The van der Waals surface area contributed by atoms with Crippen molar-refractivity contribution in [2.24, 2.45) is 5.73 Å². The molecule has 14 heteroatoms. The van der Waals surface area contributed by atoms with Gasteiger partial charge in [0.05, 0.1) is 12.2 Å². The molecule has 0 bridgehead atoms. The first-order chi connectivity index (χ1) is 14.6. The number of amides is 3. The number of hydrogen-bond donors (Lipinski definition) is 7. The monoisotopic (exact) mass is 443 g/mol. The Morgan fingerprint density at radius 3 is 2.48 bits per heavy atom. The number of carbonyl (C=O) groups is 4. The molecule has 8 N–H and O–H groups in total. The third-order valence-corrected chi connectivity index (χ3v) is 4.10. The lowest BCUT2D eigenvalue weighted by molar-refractivity contribution is -0.271. The van der Waals surface area contributed by atoms with Crippen LogP contribution in [0.5, 0.6) is 5.75 Å². The summed E-state index contributed by atoms with van der Waals surface area (Å²) in [7, 11) is 0. The van der Waals surface area contributed by atoms with Gasteiger partial charge in [0.25, 0.3) is 0 Å². The minimum atomic E-state index is -1.91. The van der Waals surface area contributed by atoms with Gasteiger partial charge < -0.3 is 51.0 Å². The van der Waals surface area contributed by atoms with Gasteiger partial charge in [-0.25, -0.2) is 9.59 Å². The zero-order valence-corrected chi connectivity index (χ0v) is 15.8. The lowest BCUT2D eigenvalue weighted by atomic mass is 9.99. The van der Waals surface area contributed by atoms with Crippen LogP contribution in [0.4, 0.5) is 10.5 Å². The molecule has 14 nitrogen and oxygen atoms in total. The van der Waals surface area contributed by atoms with Crippen molar-refractivity contribution in [3.63, 3.8) is 0 Å². The van der Waals surface area contributed by atoms with E-state index in [1.54, 1.807) is 0 Å². The number of primary amides is 1. The number of aliphatic hydroxyl groups excluding tert-OH is 3.